The number of benzene rings is 1. The van der Waals surface area contributed by atoms with Crippen LogP contribution in [0.5, 0.6) is 5.75 Å². The van der Waals surface area contributed by atoms with Gasteiger partial charge in [-0.15, -0.1) is 24.0 Å². The summed E-state index contributed by atoms with van der Waals surface area (Å²) in [5.74, 6) is 2.69. The Kier molecular flexibility index (Phi) is 7.25. The molecular weight excluding hydrogens is 453 g/mol. The first-order chi connectivity index (χ1) is 12.8. The highest BCUT2D eigenvalue weighted by atomic mass is 127. The van der Waals surface area contributed by atoms with Crippen LogP contribution in [0.1, 0.15) is 56.6 Å². The fourth-order valence-electron chi connectivity index (χ4n) is 4.21. The van der Waals surface area contributed by atoms with E-state index in [0.29, 0.717) is 0 Å². The van der Waals surface area contributed by atoms with Crippen molar-refractivity contribution in [2.75, 3.05) is 26.8 Å². The molecule has 2 N–H and O–H groups in total. The second-order valence-electron chi connectivity index (χ2n) is 7.95. The summed E-state index contributed by atoms with van der Waals surface area (Å²) in [6.45, 7) is 2.41. The Hall–Kier alpha value is -1.02. The predicted molar refractivity (Wildman–Crippen MR) is 119 cm³/mol. The Morgan fingerprint density at radius 3 is 2.78 bits per heavy atom. The van der Waals surface area contributed by atoms with Crippen molar-refractivity contribution >= 4 is 29.9 Å². The lowest BCUT2D eigenvalue weighted by Gasteiger charge is -2.40. The minimum atomic E-state index is -0.00174. The summed E-state index contributed by atoms with van der Waals surface area (Å²) in [4.78, 5) is 4.41. The van der Waals surface area contributed by atoms with E-state index in [9.17, 15) is 0 Å². The van der Waals surface area contributed by atoms with Crippen LogP contribution >= 0.6 is 24.0 Å². The second kappa shape index (κ2) is 9.45. The third-order valence-corrected chi connectivity index (χ3v) is 5.84. The number of ether oxygens (including phenoxy) is 2. The van der Waals surface area contributed by atoms with E-state index in [2.05, 4.69) is 39.9 Å². The third kappa shape index (κ3) is 5.28. The van der Waals surface area contributed by atoms with Crippen molar-refractivity contribution in [2.45, 2.75) is 56.6 Å². The van der Waals surface area contributed by atoms with Gasteiger partial charge in [-0.25, -0.2) is 0 Å². The Bertz CT molecular complexity index is 642. The van der Waals surface area contributed by atoms with Gasteiger partial charge in [0.2, 0.25) is 0 Å². The molecule has 2 saturated carbocycles. The average molecular weight is 485 g/mol. The van der Waals surface area contributed by atoms with E-state index in [1.54, 1.807) is 0 Å². The number of para-hydroxylation sites is 1. The van der Waals surface area contributed by atoms with Gasteiger partial charge in [-0.3, -0.25) is 4.99 Å². The van der Waals surface area contributed by atoms with Crippen molar-refractivity contribution in [3.05, 3.63) is 29.8 Å². The van der Waals surface area contributed by atoms with Gasteiger partial charge in [-0.2, -0.15) is 0 Å². The number of hydrogen-bond acceptors (Lipinski definition) is 3. The molecule has 0 radical (unpaired) electrons. The largest absolute Gasteiger partial charge is 0.487 e. The van der Waals surface area contributed by atoms with E-state index in [-0.39, 0.29) is 35.6 Å². The third-order valence-electron chi connectivity index (χ3n) is 5.84. The molecule has 1 unspecified atom stereocenters. The van der Waals surface area contributed by atoms with Crippen LogP contribution in [-0.2, 0) is 4.74 Å². The van der Waals surface area contributed by atoms with Gasteiger partial charge in [-0.05, 0) is 50.5 Å². The highest BCUT2D eigenvalue weighted by molar-refractivity contribution is 14.0. The second-order valence-corrected chi connectivity index (χ2v) is 7.95. The maximum atomic E-state index is 6.45. The molecule has 5 nitrogen and oxygen atoms in total. The van der Waals surface area contributed by atoms with Gasteiger partial charge in [0.25, 0.3) is 0 Å². The minimum absolute atomic E-state index is 0. The summed E-state index contributed by atoms with van der Waals surface area (Å²) in [5, 5.41) is 7.02. The van der Waals surface area contributed by atoms with Crippen molar-refractivity contribution in [3.63, 3.8) is 0 Å². The summed E-state index contributed by atoms with van der Waals surface area (Å²) in [5.41, 5.74) is 1.23. The molecule has 1 atom stereocenters. The normalized spacial score (nSPS) is 23.3. The maximum Gasteiger partial charge on any atom is 0.191 e. The SMILES string of the molecule is CN=C(NCCOCC1CC1)NC1CC2(CCCC2)Oc2ccccc21.I. The number of halogens is 1. The summed E-state index contributed by atoms with van der Waals surface area (Å²) in [7, 11) is 1.83. The molecule has 0 amide bonds. The molecule has 1 aliphatic heterocycles. The summed E-state index contributed by atoms with van der Waals surface area (Å²) in [6, 6.07) is 8.66. The summed E-state index contributed by atoms with van der Waals surface area (Å²) < 4.78 is 12.2. The molecule has 3 aliphatic rings. The van der Waals surface area contributed by atoms with Gasteiger partial charge in [0, 0.05) is 32.2 Å². The van der Waals surface area contributed by atoms with Crippen LogP contribution in [0.15, 0.2) is 29.3 Å². The molecule has 27 heavy (non-hydrogen) atoms. The van der Waals surface area contributed by atoms with Crippen LogP contribution in [0.3, 0.4) is 0 Å². The fraction of sp³-hybridized carbons (Fsp3) is 0.667. The molecule has 0 saturated heterocycles. The fourth-order valence-corrected chi connectivity index (χ4v) is 4.21. The molecule has 150 valence electrons. The van der Waals surface area contributed by atoms with Crippen LogP contribution in [0.4, 0.5) is 0 Å². The quantitative estimate of drug-likeness (QED) is 0.277. The van der Waals surface area contributed by atoms with Crippen LogP contribution in [-0.4, -0.2) is 38.4 Å². The van der Waals surface area contributed by atoms with E-state index in [4.69, 9.17) is 9.47 Å². The number of aliphatic imine (C=N–C) groups is 1. The van der Waals surface area contributed by atoms with Crippen molar-refractivity contribution in [1.82, 2.24) is 10.6 Å². The Morgan fingerprint density at radius 2 is 2.04 bits per heavy atom. The minimum Gasteiger partial charge on any atom is -0.487 e. The van der Waals surface area contributed by atoms with E-state index >= 15 is 0 Å². The smallest absolute Gasteiger partial charge is 0.191 e. The zero-order chi connectivity index (χ0) is 17.8. The molecule has 1 aromatic carbocycles. The number of guanidine groups is 1. The number of nitrogens with one attached hydrogen (secondary N) is 2. The Labute approximate surface area is 179 Å². The van der Waals surface area contributed by atoms with Gasteiger partial charge in [-0.1, -0.05) is 18.2 Å². The Morgan fingerprint density at radius 1 is 1.26 bits per heavy atom. The average Bonchev–Trinajstić information content (AvgIpc) is 3.39. The first kappa shape index (κ1) is 20.7. The van der Waals surface area contributed by atoms with Gasteiger partial charge < -0.3 is 20.1 Å². The molecule has 1 aromatic rings. The highest BCUT2D eigenvalue weighted by Crippen LogP contribution is 2.46. The van der Waals surface area contributed by atoms with Crippen molar-refractivity contribution in [2.24, 2.45) is 10.9 Å². The monoisotopic (exact) mass is 485 g/mol. The van der Waals surface area contributed by atoms with Crippen LogP contribution in [0.25, 0.3) is 0 Å². The van der Waals surface area contributed by atoms with Crippen molar-refractivity contribution in [1.29, 1.82) is 0 Å². The highest BCUT2D eigenvalue weighted by Gasteiger charge is 2.43. The molecule has 4 rings (SSSR count). The van der Waals surface area contributed by atoms with Crippen molar-refractivity contribution in [3.8, 4) is 5.75 Å². The first-order valence-electron chi connectivity index (χ1n) is 10.1. The van der Waals surface area contributed by atoms with Crippen LogP contribution < -0.4 is 15.4 Å². The molecule has 2 aliphatic carbocycles. The van der Waals surface area contributed by atoms with Crippen LogP contribution in [0, 0.1) is 5.92 Å². The molecule has 1 heterocycles. The maximum absolute atomic E-state index is 6.45. The zero-order valence-corrected chi connectivity index (χ0v) is 18.5. The molecule has 1 spiro atoms. The van der Waals surface area contributed by atoms with Gasteiger partial charge in [0.05, 0.1) is 12.6 Å². The molecule has 2 fully saturated rings. The van der Waals surface area contributed by atoms with E-state index in [1.807, 2.05) is 7.05 Å². The number of nitrogens with zero attached hydrogens (tertiary/aromatic N) is 1. The topological polar surface area (TPSA) is 54.9 Å². The number of fused-ring (bicyclic) bond motifs is 1. The Balaban J connectivity index is 0.00000210. The standard InChI is InChI=1S/C21H31N3O2.HI/c1-22-20(23-12-13-25-15-16-8-9-16)24-18-14-21(10-4-5-11-21)26-19-7-3-2-6-17(18)19;/h2-3,6-7,16,18H,4-5,8-15H2,1H3,(H2,22,23,24);1H. The summed E-state index contributed by atoms with van der Waals surface area (Å²) >= 11 is 0. The van der Waals surface area contributed by atoms with Crippen LogP contribution in [0.2, 0.25) is 0 Å². The molecule has 0 bridgehead atoms. The van der Waals surface area contributed by atoms with Gasteiger partial charge >= 0.3 is 0 Å². The molecule has 0 aromatic heterocycles. The number of rotatable bonds is 6. The van der Waals surface area contributed by atoms with E-state index < -0.39 is 0 Å². The number of hydrogen-bond donors (Lipinski definition) is 2. The molecular formula is C21H32IN3O2. The lowest BCUT2D eigenvalue weighted by atomic mass is 9.86. The van der Waals surface area contributed by atoms with Crippen molar-refractivity contribution < 1.29 is 9.47 Å². The predicted octanol–water partition coefficient (Wildman–Crippen LogP) is 4.03. The molecule has 6 heteroatoms. The van der Waals surface area contributed by atoms with E-state index in [0.717, 1.165) is 56.6 Å². The lowest BCUT2D eigenvalue weighted by molar-refractivity contribution is 0.0395. The van der Waals surface area contributed by atoms with E-state index in [1.165, 1.54) is 31.2 Å². The van der Waals surface area contributed by atoms with Gasteiger partial charge in [0.1, 0.15) is 11.4 Å². The summed E-state index contributed by atoms with van der Waals surface area (Å²) in [6.07, 6.45) is 8.51. The zero-order valence-electron chi connectivity index (χ0n) is 16.2. The lowest BCUT2D eigenvalue weighted by Crippen LogP contribution is -2.47. The first-order valence-corrected chi connectivity index (χ1v) is 10.1. The van der Waals surface area contributed by atoms with Gasteiger partial charge in [0.15, 0.2) is 5.96 Å².